The van der Waals surface area contributed by atoms with Crippen molar-refractivity contribution in [3.05, 3.63) is 60.6 Å². The lowest BCUT2D eigenvalue weighted by atomic mass is 10.2. The highest BCUT2D eigenvalue weighted by Crippen LogP contribution is 2.07. The van der Waals surface area contributed by atoms with Crippen molar-refractivity contribution in [2.75, 3.05) is 0 Å². The Hall–Kier alpha value is -2.69. The zero-order chi connectivity index (χ0) is 12.8. The van der Waals surface area contributed by atoms with Crippen LogP contribution in [-0.4, -0.2) is 26.3 Å². The first-order valence-electron chi connectivity index (χ1n) is 5.30. The predicted octanol–water partition coefficient (Wildman–Crippen LogP) is 2.34. The lowest BCUT2D eigenvalue weighted by Crippen LogP contribution is -1.95. The van der Waals surface area contributed by atoms with Crippen molar-refractivity contribution in [2.45, 2.75) is 0 Å². The van der Waals surface area contributed by atoms with Gasteiger partial charge < -0.3 is 5.11 Å². The van der Waals surface area contributed by atoms with Crippen LogP contribution in [-0.2, 0) is 0 Å². The number of carboxylic acids is 1. The van der Waals surface area contributed by atoms with Gasteiger partial charge in [0.2, 0.25) is 0 Å². The van der Waals surface area contributed by atoms with Crippen molar-refractivity contribution in [3.63, 3.8) is 0 Å². The molecule has 18 heavy (non-hydrogen) atoms. The maximum atomic E-state index is 9.99. The lowest BCUT2D eigenvalue weighted by molar-refractivity contribution is 0.0690. The quantitative estimate of drug-likeness (QED) is 0.685. The molecule has 0 atom stereocenters. The Morgan fingerprint density at radius 1 is 1.06 bits per heavy atom. The van der Waals surface area contributed by atoms with Crippen LogP contribution in [0.2, 0.25) is 0 Å². The average Bonchev–Trinajstić information content (AvgIpc) is 2.94. The van der Waals surface area contributed by atoms with Gasteiger partial charge in [-0.15, -0.1) is 0 Å². The molecule has 3 aromatic rings. The second-order valence-corrected chi connectivity index (χ2v) is 3.47. The van der Waals surface area contributed by atoms with Crippen LogP contribution in [0, 0.1) is 0 Å². The number of hydrogen-bond donors (Lipinski definition) is 2. The standard InChI is InChI=1S/C9H7N.C4H4N2O2/c1-2-6-9-8(4-1)5-3-7-10-9;7-4(8)3-1-2-5-6-3/h1-7H;1-2H,(H,5,6)(H,7,8). The van der Waals surface area contributed by atoms with Gasteiger partial charge in [0, 0.05) is 17.8 Å². The molecule has 2 aromatic heterocycles. The number of rotatable bonds is 1. The number of carbonyl (C=O) groups is 1. The highest BCUT2D eigenvalue weighted by atomic mass is 16.4. The van der Waals surface area contributed by atoms with Crippen LogP contribution >= 0.6 is 0 Å². The first-order chi connectivity index (χ1) is 8.77. The van der Waals surface area contributed by atoms with Crippen molar-refractivity contribution >= 4 is 16.9 Å². The SMILES string of the molecule is O=C(O)c1ccn[nH]1.c1ccc2ncccc2c1. The molecule has 0 unspecified atom stereocenters. The van der Waals surface area contributed by atoms with Crippen LogP contribution in [0.25, 0.3) is 10.9 Å². The maximum Gasteiger partial charge on any atom is 0.353 e. The van der Waals surface area contributed by atoms with E-state index in [2.05, 4.69) is 27.3 Å². The first-order valence-corrected chi connectivity index (χ1v) is 5.30. The van der Waals surface area contributed by atoms with Gasteiger partial charge in [-0.25, -0.2) is 4.79 Å². The van der Waals surface area contributed by atoms with Crippen LogP contribution in [0.3, 0.4) is 0 Å². The van der Waals surface area contributed by atoms with Crippen LogP contribution in [0.5, 0.6) is 0 Å². The van der Waals surface area contributed by atoms with Gasteiger partial charge in [0.1, 0.15) is 5.69 Å². The number of nitrogens with zero attached hydrogens (tertiary/aromatic N) is 2. The van der Waals surface area contributed by atoms with E-state index in [0.29, 0.717) is 0 Å². The molecule has 0 aliphatic heterocycles. The summed E-state index contributed by atoms with van der Waals surface area (Å²) in [4.78, 5) is 14.2. The molecule has 0 saturated heterocycles. The Morgan fingerprint density at radius 3 is 2.44 bits per heavy atom. The monoisotopic (exact) mass is 241 g/mol. The number of fused-ring (bicyclic) bond motifs is 1. The molecule has 5 heteroatoms. The number of benzene rings is 1. The second-order valence-electron chi connectivity index (χ2n) is 3.47. The molecule has 0 spiro atoms. The molecule has 0 amide bonds. The van der Waals surface area contributed by atoms with E-state index in [1.807, 2.05) is 30.5 Å². The van der Waals surface area contributed by atoms with Gasteiger partial charge in [-0.2, -0.15) is 5.10 Å². The topological polar surface area (TPSA) is 78.9 Å². The number of pyridine rings is 1. The van der Waals surface area contributed by atoms with E-state index in [4.69, 9.17) is 5.11 Å². The van der Waals surface area contributed by atoms with Crippen LogP contribution < -0.4 is 0 Å². The predicted molar refractivity (Wildman–Crippen MR) is 67.3 cm³/mol. The van der Waals surface area contributed by atoms with Crippen LogP contribution in [0.1, 0.15) is 10.5 Å². The van der Waals surface area contributed by atoms with E-state index in [-0.39, 0.29) is 5.69 Å². The number of H-pyrrole nitrogens is 1. The number of hydrogen-bond acceptors (Lipinski definition) is 3. The zero-order valence-corrected chi connectivity index (χ0v) is 9.45. The van der Waals surface area contributed by atoms with Crippen molar-refractivity contribution < 1.29 is 9.90 Å². The molecule has 1 aromatic carbocycles. The van der Waals surface area contributed by atoms with Gasteiger partial charge in [0.15, 0.2) is 0 Å². The second kappa shape index (κ2) is 5.58. The van der Waals surface area contributed by atoms with Gasteiger partial charge in [0.05, 0.1) is 5.52 Å². The maximum absolute atomic E-state index is 9.99. The Kier molecular flexibility index (Phi) is 3.66. The molecule has 2 heterocycles. The Morgan fingerprint density at radius 2 is 1.83 bits per heavy atom. The summed E-state index contributed by atoms with van der Waals surface area (Å²) in [6.45, 7) is 0. The summed E-state index contributed by atoms with van der Waals surface area (Å²) < 4.78 is 0. The zero-order valence-electron chi connectivity index (χ0n) is 9.45. The van der Waals surface area contributed by atoms with E-state index in [0.717, 1.165) is 5.52 Å². The molecular formula is C13H11N3O2. The number of nitrogens with one attached hydrogen (secondary N) is 1. The average molecular weight is 241 g/mol. The number of aromatic amines is 1. The minimum absolute atomic E-state index is 0.116. The Bertz CT molecular complexity index is 570. The Labute approximate surface area is 103 Å². The van der Waals surface area contributed by atoms with Gasteiger partial charge in [-0.1, -0.05) is 24.3 Å². The molecule has 0 saturated carbocycles. The molecule has 3 rings (SSSR count). The van der Waals surface area contributed by atoms with Gasteiger partial charge >= 0.3 is 5.97 Å². The summed E-state index contributed by atoms with van der Waals surface area (Å²) in [5, 5.41) is 15.1. The number of para-hydroxylation sites is 1. The van der Waals surface area contributed by atoms with Crippen molar-refractivity contribution in [3.8, 4) is 0 Å². The smallest absolute Gasteiger partial charge is 0.353 e. The minimum atomic E-state index is -0.984. The first kappa shape index (κ1) is 11.8. The summed E-state index contributed by atoms with van der Waals surface area (Å²) in [6.07, 6.45) is 3.20. The molecular weight excluding hydrogens is 230 g/mol. The lowest BCUT2D eigenvalue weighted by Gasteiger charge is -1.91. The van der Waals surface area contributed by atoms with E-state index < -0.39 is 5.97 Å². The molecule has 2 N–H and O–H groups in total. The highest BCUT2D eigenvalue weighted by molar-refractivity contribution is 5.84. The minimum Gasteiger partial charge on any atom is -0.477 e. The summed E-state index contributed by atoms with van der Waals surface area (Å²) in [5.74, 6) is -0.984. The van der Waals surface area contributed by atoms with Crippen molar-refractivity contribution in [1.29, 1.82) is 0 Å². The van der Waals surface area contributed by atoms with Crippen molar-refractivity contribution in [2.24, 2.45) is 0 Å². The van der Waals surface area contributed by atoms with Gasteiger partial charge in [-0.3, -0.25) is 10.1 Å². The van der Waals surface area contributed by atoms with E-state index in [1.165, 1.54) is 17.6 Å². The molecule has 0 aliphatic rings. The number of aromatic carboxylic acids is 1. The largest absolute Gasteiger partial charge is 0.477 e. The molecule has 0 aliphatic carbocycles. The van der Waals surface area contributed by atoms with E-state index in [9.17, 15) is 4.79 Å². The summed E-state index contributed by atoms with van der Waals surface area (Å²) in [7, 11) is 0. The fraction of sp³-hybridized carbons (Fsp3) is 0. The van der Waals surface area contributed by atoms with E-state index >= 15 is 0 Å². The van der Waals surface area contributed by atoms with E-state index in [1.54, 1.807) is 0 Å². The fourth-order valence-corrected chi connectivity index (χ4v) is 1.39. The number of aromatic nitrogens is 3. The molecule has 0 radical (unpaired) electrons. The van der Waals surface area contributed by atoms with Gasteiger partial charge in [-0.05, 0) is 18.2 Å². The third kappa shape index (κ3) is 2.91. The third-order valence-electron chi connectivity index (χ3n) is 2.24. The number of carboxylic acid groups (broad SMARTS) is 1. The Balaban J connectivity index is 0.000000138. The van der Waals surface area contributed by atoms with Crippen LogP contribution in [0.4, 0.5) is 0 Å². The highest BCUT2D eigenvalue weighted by Gasteiger charge is 1.99. The third-order valence-corrected chi connectivity index (χ3v) is 2.24. The molecule has 5 nitrogen and oxygen atoms in total. The fourth-order valence-electron chi connectivity index (χ4n) is 1.39. The summed E-state index contributed by atoms with van der Waals surface area (Å²) >= 11 is 0. The molecule has 90 valence electrons. The van der Waals surface area contributed by atoms with Crippen molar-refractivity contribution in [1.82, 2.24) is 15.2 Å². The normalized spacial score (nSPS) is 9.56. The molecule has 0 bridgehead atoms. The van der Waals surface area contributed by atoms with Crippen LogP contribution in [0.15, 0.2) is 54.9 Å². The molecule has 0 fully saturated rings. The summed E-state index contributed by atoms with van der Waals surface area (Å²) in [5.41, 5.74) is 1.18. The summed E-state index contributed by atoms with van der Waals surface area (Å²) in [6, 6.07) is 13.5. The van der Waals surface area contributed by atoms with Gasteiger partial charge in [0.25, 0.3) is 0 Å².